The summed E-state index contributed by atoms with van der Waals surface area (Å²) in [5, 5.41) is 4.15. The number of imide groups is 1. The van der Waals surface area contributed by atoms with E-state index in [1.807, 2.05) is 0 Å². The summed E-state index contributed by atoms with van der Waals surface area (Å²) in [7, 11) is 1.74. The molecular weight excluding hydrogens is 220 g/mol. The Morgan fingerprint density at radius 2 is 1.82 bits per heavy atom. The number of hydrogen-bond donors (Lipinski definition) is 1. The van der Waals surface area contributed by atoms with Gasteiger partial charge in [0.15, 0.2) is 5.82 Å². The summed E-state index contributed by atoms with van der Waals surface area (Å²) in [6.07, 6.45) is 1.73. The molecule has 2 atom stereocenters. The molecule has 0 aliphatic carbocycles. The Bertz CT molecular complexity index is 460. The minimum absolute atomic E-state index is 0.198. The average Bonchev–Trinajstić information content (AvgIpc) is 2.75. The number of aryl methyl sites for hydroxylation is 1. The number of nitrogens with zero attached hydrogens (tertiary/aromatic N) is 3. The summed E-state index contributed by atoms with van der Waals surface area (Å²) in [4.78, 5) is 25.2. The molecule has 0 radical (unpaired) electrons. The predicted octanol–water partition coefficient (Wildman–Crippen LogP) is 0.0242. The first kappa shape index (κ1) is 11.8. The molecule has 2 heterocycles. The molecule has 0 aromatic carbocycles. The van der Waals surface area contributed by atoms with Crippen molar-refractivity contribution in [1.29, 1.82) is 0 Å². The van der Waals surface area contributed by atoms with E-state index >= 15 is 0 Å². The maximum absolute atomic E-state index is 12.0. The molecule has 0 bridgehead atoms. The molecule has 2 N–H and O–H groups in total. The van der Waals surface area contributed by atoms with E-state index in [4.69, 9.17) is 5.73 Å². The fourth-order valence-corrected chi connectivity index (χ4v) is 2.01. The molecule has 17 heavy (non-hydrogen) atoms. The van der Waals surface area contributed by atoms with E-state index in [9.17, 15) is 9.59 Å². The van der Waals surface area contributed by atoms with Gasteiger partial charge in [-0.3, -0.25) is 14.3 Å². The van der Waals surface area contributed by atoms with Crippen LogP contribution in [0, 0.1) is 11.8 Å². The summed E-state index contributed by atoms with van der Waals surface area (Å²) < 4.78 is 1.56. The first-order valence-corrected chi connectivity index (χ1v) is 5.57. The maximum Gasteiger partial charge on any atom is 0.238 e. The monoisotopic (exact) mass is 236 g/mol. The summed E-state index contributed by atoms with van der Waals surface area (Å²) >= 11 is 0. The predicted molar refractivity (Wildman–Crippen MR) is 61.9 cm³/mol. The SMILES string of the molecule is CC1C(=O)N(c2nn(C)cc2CN)C(=O)C1C. The fraction of sp³-hybridized carbons (Fsp3) is 0.545. The lowest BCUT2D eigenvalue weighted by Gasteiger charge is -2.12. The zero-order chi connectivity index (χ0) is 12.7. The van der Waals surface area contributed by atoms with Crippen LogP contribution in [0.4, 0.5) is 5.82 Å². The van der Waals surface area contributed by atoms with E-state index in [-0.39, 0.29) is 30.2 Å². The second kappa shape index (κ2) is 3.96. The van der Waals surface area contributed by atoms with Gasteiger partial charge in [-0.1, -0.05) is 13.8 Å². The van der Waals surface area contributed by atoms with Crippen LogP contribution in [0.25, 0.3) is 0 Å². The van der Waals surface area contributed by atoms with E-state index in [1.54, 1.807) is 31.8 Å². The highest BCUT2D eigenvalue weighted by molar-refractivity contribution is 6.21. The largest absolute Gasteiger partial charge is 0.326 e. The molecule has 1 fully saturated rings. The van der Waals surface area contributed by atoms with Gasteiger partial charge < -0.3 is 5.73 Å². The van der Waals surface area contributed by atoms with Gasteiger partial charge in [-0.05, 0) is 0 Å². The normalized spacial score (nSPS) is 24.8. The van der Waals surface area contributed by atoms with Gasteiger partial charge in [-0.2, -0.15) is 5.10 Å². The molecule has 1 saturated heterocycles. The van der Waals surface area contributed by atoms with E-state index in [0.717, 1.165) is 4.90 Å². The smallest absolute Gasteiger partial charge is 0.238 e. The second-order valence-corrected chi connectivity index (χ2v) is 4.44. The van der Waals surface area contributed by atoms with Crippen molar-refractivity contribution in [3.05, 3.63) is 11.8 Å². The Morgan fingerprint density at radius 3 is 2.29 bits per heavy atom. The first-order chi connectivity index (χ1) is 7.97. The van der Waals surface area contributed by atoms with E-state index < -0.39 is 0 Å². The molecule has 2 rings (SSSR count). The molecule has 92 valence electrons. The van der Waals surface area contributed by atoms with Gasteiger partial charge in [-0.15, -0.1) is 0 Å². The standard InChI is InChI=1S/C11H16N4O2/c1-6-7(2)11(17)15(10(6)16)9-8(4-12)5-14(3)13-9/h5-7H,4,12H2,1-3H3. The minimum Gasteiger partial charge on any atom is -0.326 e. The van der Waals surface area contributed by atoms with Gasteiger partial charge >= 0.3 is 0 Å². The third-order valence-corrected chi connectivity index (χ3v) is 3.28. The molecule has 1 aliphatic rings. The molecular formula is C11H16N4O2. The Morgan fingerprint density at radius 1 is 1.29 bits per heavy atom. The topological polar surface area (TPSA) is 81.2 Å². The summed E-state index contributed by atoms with van der Waals surface area (Å²) in [5.74, 6) is -0.613. The average molecular weight is 236 g/mol. The highest BCUT2D eigenvalue weighted by atomic mass is 16.2. The Labute approximate surface area is 99.4 Å². The van der Waals surface area contributed by atoms with Crippen molar-refractivity contribution in [2.45, 2.75) is 20.4 Å². The minimum atomic E-state index is -0.296. The lowest BCUT2D eigenvalue weighted by molar-refractivity contribution is -0.122. The van der Waals surface area contributed by atoms with E-state index in [2.05, 4.69) is 5.10 Å². The van der Waals surface area contributed by atoms with Crippen LogP contribution in [0.1, 0.15) is 19.4 Å². The molecule has 2 unspecified atom stereocenters. The highest BCUT2D eigenvalue weighted by Gasteiger charge is 2.44. The van der Waals surface area contributed by atoms with Crippen molar-refractivity contribution in [3.63, 3.8) is 0 Å². The number of rotatable bonds is 2. The second-order valence-electron chi connectivity index (χ2n) is 4.44. The van der Waals surface area contributed by atoms with E-state index in [0.29, 0.717) is 11.4 Å². The molecule has 1 aliphatic heterocycles. The van der Waals surface area contributed by atoms with Crippen molar-refractivity contribution in [1.82, 2.24) is 9.78 Å². The molecule has 1 aromatic heterocycles. The number of carbonyl (C=O) groups is 2. The summed E-state index contributed by atoms with van der Waals surface area (Å²) in [6, 6.07) is 0. The first-order valence-electron chi connectivity index (χ1n) is 5.57. The van der Waals surface area contributed by atoms with Gasteiger partial charge in [-0.25, -0.2) is 4.90 Å². The quantitative estimate of drug-likeness (QED) is 0.734. The highest BCUT2D eigenvalue weighted by Crippen LogP contribution is 2.31. The van der Waals surface area contributed by atoms with Gasteiger partial charge in [0.1, 0.15) is 0 Å². The van der Waals surface area contributed by atoms with Gasteiger partial charge in [0, 0.05) is 37.2 Å². The number of nitrogens with two attached hydrogens (primary N) is 1. The zero-order valence-electron chi connectivity index (χ0n) is 10.2. The molecule has 1 aromatic rings. The Hall–Kier alpha value is -1.69. The van der Waals surface area contributed by atoms with Crippen LogP contribution in [0.3, 0.4) is 0 Å². The number of hydrogen-bond acceptors (Lipinski definition) is 4. The van der Waals surface area contributed by atoms with Crippen molar-refractivity contribution in [2.24, 2.45) is 24.6 Å². The van der Waals surface area contributed by atoms with Crippen molar-refractivity contribution < 1.29 is 9.59 Å². The number of carbonyl (C=O) groups excluding carboxylic acids is 2. The fourth-order valence-electron chi connectivity index (χ4n) is 2.01. The van der Waals surface area contributed by atoms with Crippen LogP contribution in [0.5, 0.6) is 0 Å². The van der Waals surface area contributed by atoms with Gasteiger partial charge in [0.05, 0.1) is 0 Å². The number of amides is 2. The molecule has 0 saturated carbocycles. The van der Waals surface area contributed by atoms with Gasteiger partial charge in [0.25, 0.3) is 0 Å². The molecule has 6 nitrogen and oxygen atoms in total. The Kier molecular flexibility index (Phi) is 2.74. The van der Waals surface area contributed by atoms with Crippen molar-refractivity contribution in [3.8, 4) is 0 Å². The van der Waals surface area contributed by atoms with Crippen LogP contribution >= 0.6 is 0 Å². The third-order valence-electron chi connectivity index (χ3n) is 3.28. The van der Waals surface area contributed by atoms with Gasteiger partial charge in [0.2, 0.25) is 11.8 Å². The lowest BCUT2D eigenvalue weighted by Crippen LogP contribution is -2.32. The number of aromatic nitrogens is 2. The van der Waals surface area contributed by atoms with E-state index in [1.165, 1.54) is 0 Å². The van der Waals surface area contributed by atoms with Crippen molar-refractivity contribution in [2.75, 3.05) is 4.90 Å². The zero-order valence-corrected chi connectivity index (χ0v) is 10.2. The van der Waals surface area contributed by atoms with Crippen LogP contribution in [-0.4, -0.2) is 21.6 Å². The van der Waals surface area contributed by atoms with Crippen molar-refractivity contribution >= 4 is 17.6 Å². The number of anilines is 1. The molecule has 2 amide bonds. The molecule has 0 spiro atoms. The summed E-state index contributed by atoms with van der Waals surface area (Å²) in [5.41, 5.74) is 6.29. The molecule has 6 heteroatoms. The lowest BCUT2D eigenvalue weighted by atomic mass is 10.00. The van der Waals surface area contributed by atoms with Crippen LogP contribution in [-0.2, 0) is 23.2 Å². The maximum atomic E-state index is 12.0. The van der Waals surface area contributed by atoms with Crippen LogP contribution < -0.4 is 10.6 Å². The van der Waals surface area contributed by atoms with Crippen LogP contribution in [0.2, 0.25) is 0 Å². The van der Waals surface area contributed by atoms with Crippen LogP contribution in [0.15, 0.2) is 6.20 Å². The Balaban J connectivity index is 2.46. The summed E-state index contributed by atoms with van der Waals surface area (Å²) in [6.45, 7) is 3.77. The third kappa shape index (κ3) is 1.64.